The van der Waals surface area contributed by atoms with Crippen molar-refractivity contribution in [1.29, 1.82) is 0 Å². The zero-order chi connectivity index (χ0) is 14.5. The maximum Gasteiger partial charge on any atom is 0.211 e. The van der Waals surface area contributed by atoms with Gasteiger partial charge in [-0.25, -0.2) is 0 Å². The van der Waals surface area contributed by atoms with E-state index in [2.05, 4.69) is 0 Å². The minimum absolute atomic E-state index is 0.00625. The normalized spacial score (nSPS) is 11.7. The number of rotatable bonds is 7. The third-order valence-electron chi connectivity index (χ3n) is 3.04. The zero-order valence-corrected chi connectivity index (χ0v) is 12.3. The minimum atomic E-state index is -0.00625. The van der Waals surface area contributed by atoms with Gasteiger partial charge >= 0.3 is 0 Å². The summed E-state index contributed by atoms with van der Waals surface area (Å²) in [5.41, 5.74) is 0.752. The van der Waals surface area contributed by atoms with Gasteiger partial charge in [-0.2, -0.15) is 0 Å². The molecule has 108 valence electrons. The van der Waals surface area contributed by atoms with E-state index in [4.69, 9.17) is 9.15 Å². The molecule has 0 aliphatic carbocycles. The summed E-state index contributed by atoms with van der Waals surface area (Å²) in [6.07, 6.45) is 0.217. The summed E-state index contributed by atoms with van der Waals surface area (Å²) in [4.78, 5) is 14.1. The predicted octanol–water partition coefficient (Wildman–Crippen LogP) is 2.97. The monoisotopic (exact) mass is 275 g/mol. The Hall–Kier alpha value is -1.65. The summed E-state index contributed by atoms with van der Waals surface area (Å²) in [6.45, 7) is 5.69. The Labute approximate surface area is 119 Å². The first kappa shape index (κ1) is 14.8. The molecule has 0 amide bonds. The molecule has 2 rings (SSSR count). The van der Waals surface area contributed by atoms with Crippen molar-refractivity contribution in [3.8, 4) is 0 Å². The molecule has 0 aliphatic rings. The molecule has 0 radical (unpaired) electrons. The third-order valence-corrected chi connectivity index (χ3v) is 3.04. The lowest BCUT2D eigenvalue weighted by Gasteiger charge is -2.16. The smallest absolute Gasteiger partial charge is 0.211 e. The fourth-order valence-electron chi connectivity index (χ4n) is 1.97. The average molecular weight is 275 g/mol. The van der Waals surface area contributed by atoms with Crippen LogP contribution in [-0.2, 0) is 4.74 Å². The molecule has 0 saturated heterocycles. The first-order valence-electron chi connectivity index (χ1n) is 6.88. The van der Waals surface area contributed by atoms with E-state index >= 15 is 0 Å². The number of Topliss-reactive ketones (excluding diaryl/α,β-unsaturated/α-hetero) is 1. The van der Waals surface area contributed by atoms with E-state index in [1.165, 1.54) is 0 Å². The quantitative estimate of drug-likeness (QED) is 0.729. The number of ketones is 1. The molecule has 2 aromatic rings. The topological polar surface area (TPSA) is 42.7 Å². The van der Waals surface area contributed by atoms with E-state index in [0.29, 0.717) is 18.9 Å². The lowest BCUT2D eigenvalue weighted by Crippen LogP contribution is -2.29. The van der Waals surface area contributed by atoms with Crippen LogP contribution in [0.2, 0.25) is 0 Å². The first-order chi connectivity index (χ1) is 9.56. The van der Waals surface area contributed by atoms with Crippen LogP contribution in [-0.4, -0.2) is 43.5 Å². The SMILES string of the molecule is CC(C)OCCN(C)CC(=O)c1cc2ccccc2o1. The summed E-state index contributed by atoms with van der Waals surface area (Å²) in [7, 11) is 1.91. The van der Waals surface area contributed by atoms with Gasteiger partial charge in [-0.1, -0.05) is 18.2 Å². The second kappa shape index (κ2) is 6.68. The first-order valence-corrected chi connectivity index (χ1v) is 6.88. The van der Waals surface area contributed by atoms with Gasteiger partial charge in [-0.05, 0) is 33.0 Å². The maximum atomic E-state index is 12.1. The summed E-state index contributed by atoms with van der Waals surface area (Å²) in [6, 6.07) is 9.44. The standard InChI is InChI=1S/C16H21NO3/c1-12(2)19-9-8-17(3)11-14(18)16-10-13-6-4-5-7-15(13)20-16/h4-7,10,12H,8-9,11H2,1-3H3. The van der Waals surface area contributed by atoms with Crippen LogP contribution in [0.1, 0.15) is 24.4 Å². The van der Waals surface area contributed by atoms with Crippen LogP contribution in [0.25, 0.3) is 11.0 Å². The van der Waals surface area contributed by atoms with E-state index < -0.39 is 0 Å². The highest BCUT2D eigenvalue weighted by atomic mass is 16.5. The average Bonchev–Trinajstić information content (AvgIpc) is 2.82. The molecule has 1 aromatic carbocycles. The predicted molar refractivity (Wildman–Crippen MR) is 79.1 cm³/mol. The third kappa shape index (κ3) is 3.92. The number of fused-ring (bicyclic) bond motifs is 1. The van der Waals surface area contributed by atoms with Crippen LogP contribution in [0.3, 0.4) is 0 Å². The van der Waals surface area contributed by atoms with Gasteiger partial charge in [-0.15, -0.1) is 0 Å². The highest BCUT2D eigenvalue weighted by Crippen LogP contribution is 2.19. The Bertz CT molecular complexity index is 541. The number of furan rings is 1. The van der Waals surface area contributed by atoms with E-state index in [-0.39, 0.29) is 11.9 Å². The van der Waals surface area contributed by atoms with E-state index in [9.17, 15) is 4.79 Å². The molecule has 0 bridgehead atoms. The molecule has 0 atom stereocenters. The molecule has 0 N–H and O–H groups in total. The van der Waals surface area contributed by atoms with Gasteiger partial charge in [0.2, 0.25) is 5.78 Å². The number of para-hydroxylation sites is 1. The van der Waals surface area contributed by atoms with Gasteiger partial charge < -0.3 is 9.15 Å². The second-order valence-corrected chi connectivity index (χ2v) is 5.23. The van der Waals surface area contributed by atoms with Crippen LogP contribution in [0.4, 0.5) is 0 Å². The number of carbonyl (C=O) groups excluding carboxylic acids is 1. The number of hydrogen-bond acceptors (Lipinski definition) is 4. The molecule has 1 aromatic heterocycles. The van der Waals surface area contributed by atoms with Crippen LogP contribution in [0, 0.1) is 0 Å². The van der Waals surface area contributed by atoms with Gasteiger partial charge in [0.1, 0.15) is 5.58 Å². The van der Waals surface area contributed by atoms with Crippen molar-refractivity contribution in [3.63, 3.8) is 0 Å². The number of carbonyl (C=O) groups is 1. The molecule has 0 saturated carbocycles. The van der Waals surface area contributed by atoms with Gasteiger partial charge in [-0.3, -0.25) is 9.69 Å². The second-order valence-electron chi connectivity index (χ2n) is 5.23. The van der Waals surface area contributed by atoms with Crippen molar-refractivity contribution < 1.29 is 13.9 Å². The molecular formula is C16H21NO3. The van der Waals surface area contributed by atoms with Crippen molar-refractivity contribution >= 4 is 16.8 Å². The van der Waals surface area contributed by atoms with E-state index in [1.807, 2.05) is 50.1 Å². The molecule has 4 heteroatoms. The fraction of sp³-hybridized carbons (Fsp3) is 0.438. The molecule has 0 unspecified atom stereocenters. The van der Waals surface area contributed by atoms with Crippen molar-refractivity contribution in [2.24, 2.45) is 0 Å². The summed E-state index contributed by atoms with van der Waals surface area (Å²) in [5, 5.41) is 0.960. The molecule has 0 fully saturated rings. The maximum absolute atomic E-state index is 12.1. The zero-order valence-electron chi connectivity index (χ0n) is 12.3. The van der Waals surface area contributed by atoms with E-state index in [1.54, 1.807) is 6.07 Å². The Morgan fingerprint density at radius 3 is 2.80 bits per heavy atom. The van der Waals surface area contributed by atoms with Gasteiger partial charge in [0.25, 0.3) is 0 Å². The summed E-state index contributed by atoms with van der Waals surface area (Å²) in [5.74, 6) is 0.413. The Morgan fingerprint density at radius 2 is 2.10 bits per heavy atom. The van der Waals surface area contributed by atoms with Gasteiger partial charge in [0.15, 0.2) is 5.76 Å². The molecular weight excluding hydrogens is 254 g/mol. The number of likely N-dealkylation sites (N-methyl/N-ethyl adjacent to an activating group) is 1. The van der Waals surface area contributed by atoms with E-state index in [0.717, 1.165) is 17.5 Å². The Balaban J connectivity index is 1.90. The van der Waals surface area contributed by atoms with Crippen molar-refractivity contribution in [1.82, 2.24) is 4.90 Å². The van der Waals surface area contributed by atoms with Crippen LogP contribution >= 0.6 is 0 Å². The largest absolute Gasteiger partial charge is 0.453 e. The van der Waals surface area contributed by atoms with Crippen LogP contribution < -0.4 is 0 Å². The molecule has 1 heterocycles. The van der Waals surface area contributed by atoms with Crippen LogP contribution in [0.5, 0.6) is 0 Å². The number of hydrogen-bond donors (Lipinski definition) is 0. The van der Waals surface area contributed by atoms with Crippen molar-refractivity contribution in [2.45, 2.75) is 20.0 Å². The molecule has 20 heavy (non-hydrogen) atoms. The van der Waals surface area contributed by atoms with Crippen LogP contribution in [0.15, 0.2) is 34.7 Å². The van der Waals surface area contributed by atoms with Gasteiger partial charge in [0.05, 0.1) is 19.3 Å². The van der Waals surface area contributed by atoms with Gasteiger partial charge in [0, 0.05) is 11.9 Å². The number of benzene rings is 1. The number of ether oxygens (including phenoxy) is 1. The van der Waals surface area contributed by atoms with Crippen molar-refractivity contribution in [2.75, 3.05) is 26.7 Å². The molecule has 0 spiro atoms. The lowest BCUT2D eigenvalue weighted by molar-refractivity contribution is 0.0615. The highest BCUT2D eigenvalue weighted by Gasteiger charge is 2.14. The summed E-state index contributed by atoms with van der Waals surface area (Å²) >= 11 is 0. The lowest BCUT2D eigenvalue weighted by atomic mass is 10.2. The summed E-state index contributed by atoms with van der Waals surface area (Å²) < 4.78 is 11.0. The molecule has 0 aliphatic heterocycles. The Morgan fingerprint density at radius 1 is 1.35 bits per heavy atom. The highest BCUT2D eigenvalue weighted by molar-refractivity contribution is 5.98. The minimum Gasteiger partial charge on any atom is -0.453 e. The fourth-order valence-corrected chi connectivity index (χ4v) is 1.97. The molecule has 4 nitrogen and oxygen atoms in total. The Kier molecular flexibility index (Phi) is 4.93. The number of nitrogens with zero attached hydrogens (tertiary/aromatic N) is 1. The van der Waals surface area contributed by atoms with Crippen molar-refractivity contribution in [3.05, 3.63) is 36.1 Å².